The lowest BCUT2D eigenvalue weighted by atomic mass is 9.88. The number of halogens is 1. The van der Waals surface area contributed by atoms with Crippen molar-refractivity contribution in [3.63, 3.8) is 0 Å². The van der Waals surface area contributed by atoms with Crippen molar-refractivity contribution >= 4 is 28.3 Å². The monoisotopic (exact) mass is 442 g/mol. The Labute approximate surface area is 190 Å². The minimum absolute atomic E-state index is 0.131. The predicted octanol–water partition coefficient (Wildman–Crippen LogP) is 4.75. The Kier molecular flexibility index (Phi) is 5.30. The van der Waals surface area contributed by atoms with E-state index in [1.54, 1.807) is 29.2 Å². The summed E-state index contributed by atoms with van der Waals surface area (Å²) in [5.41, 5.74) is 1.41. The van der Waals surface area contributed by atoms with Crippen LogP contribution in [0.25, 0.3) is 10.9 Å². The van der Waals surface area contributed by atoms with Gasteiger partial charge < -0.3 is 15.0 Å². The second-order valence-electron chi connectivity index (χ2n) is 8.41. The normalized spacial score (nSPS) is 17.5. The summed E-state index contributed by atoms with van der Waals surface area (Å²) in [6.07, 6.45) is 3.00. The number of para-hydroxylation sites is 2. The number of ketones is 1. The number of rotatable bonds is 7. The van der Waals surface area contributed by atoms with Gasteiger partial charge in [-0.25, -0.2) is 4.39 Å². The minimum atomic E-state index is -1.97. The highest BCUT2D eigenvalue weighted by atomic mass is 19.1. The number of aromatic nitrogens is 1. The molecule has 1 atom stereocenters. The molecular formula is C27H23FN2O3. The topological polar surface area (TPSA) is 73.4 Å². The van der Waals surface area contributed by atoms with Crippen LogP contribution in [0.1, 0.15) is 34.3 Å². The predicted molar refractivity (Wildman–Crippen MR) is 125 cm³/mol. The molecule has 1 aliphatic rings. The van der Waals surface area contributed by atoms with Crippen molar-refractivity contribution in [1.29, 1.82) is 0 Å². The summed E-state index contributed by atoms with van der Waals surface area (Å²) in [5.74, 6) is -1.54. The highest BCUT2D eigenvalue weighted by Crippen LogP contribution is 2.43. The molecule has 166 valence electrons. The fourth-order valence-corrected chi connectivity index (χ4v) is 4.66. The Morgan fingerprint density at radius 2 is 1.82 bits per heavy atom. The van der Waals surface area contributed by atoms with Crippen LogP contribution in [0.4, 0.5) is 10.1 Å². The quantitative estimate of drug-likeness (QED) is 0.406. The number of fused-ring (bicyclic) bond motifs is 2. The number of carbonyl (C=O) groups is 2. The van der Waals surface area contributed by atoms with E-state index in [0.717, 1.165) is 23.4 Å². The maximum absolute atomic E-state index is 13.6. The van der Waals surface area contributed by atoms with Gasteiger partial charge in [-0.05, 0) is 42.7 Å². The standard InChI is InChI=1S/C27H23FN2O3/c28-20-9-5-7-18(15-20)25(31)16-27(33)22-11-2-4-13-24(22)30(26(27)32)14-6-8-19-17-29-23-12-3-1-10-21(19)23/h1-5,7,9-13,15,17,29,33H,6,8,14,16H2/t27-/m1/s1. The molecule has 0 bridgehead atoms. The van der Waals surface area contributed by atoms with Crippen LogP contribution in [0.2, 0.25) is 0 Å². The van der Waals surface area contributed by atoms with Gasteiger partial charge in [-0.15, -0.1) is 0 Å². The first-order chi connectivity index (χ1) is 16.0. The average molecular weight is 442 g/mol. The number of nitrogens with zero attached hydrogens (tertiary/aromatic N) is 1. The SMILES string of the molecule is O=C(C[C@]1(O)C(=O)N(CCCc2c[nH]c3ccccc23)c2ccccc21)c1cccc(F)c1. The molecule has 0 spiro atoms. The number of anilines is 1. The van der Waals surface area contributed by atoms with Crippen molar-refractivity contribution in [3.8, 4) is 0 Å². The van der Waals surface area contributed by atoms with Crippen LogP contribution in [-0.2, 0) is 16.8 Å². The van der Waals surface area contributed by atoms with Crippen molar-refractivity contribution < 1.29 is 19.1 Å². The number of amides is 1. The van der Waals surface area contributed by atoms with Gasteiger partial charge in [0, 0.05) is 34.8 Å². The van der Waals surface area contributed by atoms with E-state index in [-0.39, 0.29) is 5.56 Å². The molecule has 1 amide bonds. The first-order valence-electron chi connectivity index (χ1n) is 10.9. The summed E-state index contributed by atoms with van der Waals surface area (Å²) in [6, 6.07) is 20.3. The molecule has 0 radical (unpaired) electrons. The van der Waals surface area contributed by atoms with Crippen molar-refractivity contribution in [3.05, 3.63) is 102 Å². The molecule has 5 nitrogen and oxygen atoms in total. The average Bonchev–Trinajstić information content (AvgIpc) is 3.32. The number of carbonyl (C=O) groups excluding carboxylic acids is 2. The zero-order valence-corrected chi connectivity index (χ0v) is 17.9. The molecular weight excluding hydrogens is 419 g/mol. The number of Topliss-reactive ketones (excluding diaryl/α,β-unsaturated/α-hetero) is 1. The van der Waals surface area contributed by atoms with E-state index in [0.29, 0.717) is 24.2 Å². The van der Waals surface area contributed by atoms with E-state index in [1.807, 2.05) is 24.4 Å². The van der Waals surface area contributed by atoms with Gasteiger partial charge in [0.05, 0.1) is 12.1 Å². The van der Waals surface area contributed by atoms with E-state index in [9.17, 15) is 19.1 Å². The van der Waals surface area contributed by atoms with Gasteiger partial charge >= 0.3 is 0 Å². The van der Waals surface area contributed by atoms with Gasteiger partial charge in [-0.3, -0.25) is 9.59 Å². The summed E-state index contributed by atoms with van der Waals surface area (Å²) < 4.78 is 13.6. The van der Waals surface area contributed by atoms with Crippen LogP contribution in [0, 0.1) is 5.82 Å². The third-order valence-corrected chi connectivity index (χ3v) is 6.31. The van der Waals surface area contributed by atoms with Crippen molar-refractivity contribution in [2.24, 2.45) is 0 Å². The number of hydrogen-bond donors (Lipinski definition) is 2. The summed E-state index contributed by atoms with van der Waals surface area (Å²) in [4.78, 5) is 31.0. The van der Waals surface area contributed by atoms with Gasteiger partial charge in [-0.2, -0.15) is 0 Å². The number of aryl methyl sites for hydroxylation is 1. The Bertz CT molecular complexity index is 1360. The lowest BCUT2D eigenvalue weighted by Gasteiger charge is -2.23. The molecule has 6 heteroatoms. The number of nitrogens with one attached hydrogen (secondary N) is 1. The molecule has 1 aliphatic heterocycles. The van der Waals surface area contributed by atoms with Gasteiger partial charge in [0.1, 0.15) is 5.82 Å². The Hall–Kier alpha value is -3.77. The number of benzene rings is 3. The molecule has 0 saturated heterocycles. The lowest BCUT2D eigenvalue weighted by molar-refractivity contribution is -0.135. The van der Waals surface area contributed by atoms with Crippen LogP contribution in [-0.4, -0.2) is 28.3 Å². The van der Waals surface area contributed by atoms with Crippen LogP contribution in [0.3, 0.4) is 0 Å². The van der Waals surface area contributed by atoms with E-state index < -0.39 is 29.5 Å². The van der Waals surface area contributed by atoms with Crippen LogP contribution < -0.4 is 4.90 Å². The maximum atomic E-state index is 13.6. The third-order valence-electron chi connectivity index (χ3n) is 6.31. The Morgan fingerprint density at radius 1 is 1.03 bits per heavy atom. The summed E-state index contributed by atoms with van der Waals surface area (Å²) in [6.45, 7) is 0.409. The molecule has 0 unspecified atom stereocenters. The van der Waals surface area contributed by atoms with Crippen molar-refractivity contribution in [1.82, 2.24) is 4.98 Å². The number of H-pyrrole nitrogens is 1. The molecule has 0 aliphatic carbocycles. The van der Waals surface area contributed by atoms with Crippen molar-refractivity contribution in [2.45, 2.75) is 24.9 Å². The highest BCUT2D eigenvalue weighted by Gasteiger charge is 2.50. The van der Waals surface area contributed by atoms with Gasteiger partial charge in [0.15, 0.2) is 11.4 Å². The van der Waals surface area contributed by atoms with E-state index >= 15 is 0 Å². The lowest BCUT2D eigenvalue weighted by Crippen LogP contribution is -2.42. The zero-order chi connectivity index (χ0) is 23.0. The maximum Gasteiger partial charge on any atom is 0.264 e. The molecule has 2 N–H and O–H groups in total. The van der Waals surface area contributed by atoms with Crippen LogP contribution in [0.5, 0.6) is 0 Å². The van der Waals surface area contributed by atoms with Crippen LogP contribution >= 0.6 is 0 Å². The molecule has 5 rings (SSSR count). The first kappa shape index (κ1) is 21.1. The van der Waals surface area contributed by atoms with Gasteiger partial charge in [0.25, 0.3) is 5.91 Å². The number of aromatic amines is 1. The van der Waals surface area contributed by atoms with Crippen LogP contribution in [0.15, 0.2) is 79.0 Å². The molecule has 0 fully saturated rings. The van der Waals surface area contributed by atoms with E-state index in [2.05, 4.69) is 11.1 Å². The Morgan fingerprint density at radius 3 is 2.67 bits per heavy atom. The molecule has 2 heterocycles. The largest absolute Gasteiger partial charge is 0.375 e. The zero-order valence-electron chi connectivity index (χ0n) is 17.9. The number of aliphatic hydroxyl groups is 1. The van der Waals surface area contributed by atoms with Gasteiger partial charge in [-0.1, -0.05) is 48.5 Å². The molecule has 0 saturated carbocycles. The molecule has 3 aromatic carbocycles. The third kappa shape index (κ3) is 3.72. The molecule has 4 aromatic rings. The first-order valence-corrected chi connectivity index (χ1v) is 10.9. The number of hydrogen-bond acceptors (Lipinski definition) is 3. The fourth-order valence-electron chi connectivity index (χ4n) is 4.66. The second-order valence-corrected chi connectivity index (χ2v) is 8.41. The fraction of sp³-hybridized carbons (Fsp3) is 0.185. The Balaban J connectivity index is 1.36. The highest BCUT2D eigenvalue weighted by molar-refractivity contribution is 6.10. The van der Waals surface area contributed by atoms with E-state index in [1.165, 1.54) is 23.8 Å². The molecule has 33 heavy (non-hydrogen) atoms. The summed E-state index contributed by atoms with van der Waals surface area (Å²) in [5, 5.41) is 12.6. The molecule has 1 aromatic heterocycles. The smallest absolute Gasteiger partial charge is 0.264 e. The van der Waals surface area contributed by atoms with E-state index in [4.69, 9.17) is 0 Å². The summed E-state index contributed by atoms with van der Waals surface area (Å²) >= 11 is 0. The second kappa shape index (κ2) is 8.30. The van der Waals surface area contributed by atoms with Gasteiger partial charge in [0.2, 0.25) is 0 Å². The summed E-state index contributed by atoms with van der Waals surface area (Å²) in [7, 11) is 0. The van der Waals surface area contributed by atoms with Crippen molar-refractivity contribution in [2.75, 3.05) is 11.4 Å². The minimum Gasteiger partial charge on any atom is -0.375 e.